The Morgan fingerprint density at radius 1 is 1.20 bits per heavy atom. The van der Waals surface area contributed by atoms with Gasteiger partial charge in [0.1, 0.15) is 12.0 Å². The third-order valence-electron chi connectivity index (χ3n) is 6.54. The number of aliphatic hydroxyl groups is 1. The number of hydrogen-bond acceptors (Lipinski definition) is 4. The first kappa shape index (κ1) is 19.9. The monoisotopic (exact) mass is 349 g/mol. The van der Waals surface area contributed by atoms with Crippen LogP contribution in [0, 0.1) is 0 Å². The summed E-state index contributed by atoms with van der Waals surface area (Å²) in [4.78, 5) is 12.6. The summed E-state index contributed by atoms with van der Waals surface area (Å²) in [6, 6.07) is 11.2. The molecule has 0 aromatic heterocycles. The molecule has 2 aliphatic heterocycles. The number of carbonyl (C=O) groups excluding carboxylic acids is 1. The smallest absolute Gasteiger partial charge is 0.316 e. The van der Waals surface area contributed by atoms with Crippen LogP contribution in [0.25, 0.3) is 0 Å². The molecule has 0 spiro atoms. The molecule has 1 aromatic carbocycles. The van der Waals surface area contributed by atoms with Crippen LogP contribution in [-0.2, 0) is 9.53 Å². The molecule has 0 aliphatic carbocycles. The van der Waals surface area contributed by atoms with E-state index in [0.717, 1.165) is 22.9 Å². The quantitative estimate of drug-likeness (QED) is 0.655. The number of hydrogen-bond donors (Lipinski definition) is 1. The topological polar surface area (TPSA) is 76.5 Å². The first-order valence-electron chi connectivity index (χ1n) is 9.18. The predicted octanol–water partition coefficient (Wildman–Crippen LogP) is 2.68. The third-order valence-corrected chi connectivity index (χ3v) is 6.54. The van der Waals surface area contributed by atoms with Crippen molar-refractivity contribution in [2.45, 2.75) is 69.7 Å². The minimum absolute atomic E-state index is 0. The molecule has 5 nitrogen and oxygen atoms in total. The van der Waals surface area contributed by atoms with E-state index in [1.807, 2.05) is 30.3 Å². The zero-order chi connectivity index (χ0) is 17.3. The standard InChI is InChI=1S/C20H30NO3.H2O/c1-14(2)21(3)16-9-10-17(21)12-18(11-16)24-20(23)19(13-22)15-7-5-4-6-8-15;/h4-8,14,16-19,22H,9-13H2,1-3H3;1H2/q+1;/p-1. The summed E-state index contributed by atoms with van der Waals surface area (Å²) in [5.74, 6) is -0.856. The summed E-state index contributed by atoms with van der Waals surface area (Å²) < 4.78 is 6.96. The Balaban J connectivity index is 0.00000225. The molecule has 2 N–H and O–H groups in total. The molecule has 3 rings (SSSR count). The van der Waals surface area contributed by atoms with Crippen LogP contribution in [0.1, 0.15) is 51.0 Å². The van der Waals surface area contributed by atoms with E-state index in [1.165, 1.54) is 12.8 Å². The number of ether oxygens (including phenoxy) is 1. The molecule has 2 saturated heterocycles. The number of rotatable bonds is 5. The Hall–Kier alpha value is -1.43. The van der Waals surface area contributed by atoms with Crippen LogP contribution >= 0.6 is 0 Å². The Bertz CT molecular complexity index is 560. The average molecular weight is 349 g/mol. The van der Waals surface area contributed by atoms with E-state index in [-0.39, 0.29) is 24.2 Å². The van der Waals surface area contributed by atoms with E-state index in [1.54, 1.807) is 0 Å². The predicted molar refractivity (Wildman–Crippen MR) is 95.4 cm³/mol. The highest BCUT2D eigenvalue weighted by molar-refractivity contribution is 5.78. The summed E-state index contributed by atoms with van der Waals surface area (Å²) in [6.07, 6.45) is 4.36. The normalized spacial score (nSPS) is 32.1. The number of piperidine rings is 1. The first-order chi connectivity index (χ1) is 11.5. The van der Waals surface area contributed by atoms with E-state index in [9.17, 15) is 9.90 Å². The maximum Gasteiger partial charge on any atom is 0.316 e. The molecule has 3 unspecified atom stereocenters. The van der Waals surface area contributed by atoms with Crippen molar-refractivity contribution in [3.63, 3.8) is 0 Å². The molecule has 2 bridgehead atoms. The molecule has 0 radical (unpaired) electrons. The molecule has 0 amide bonds. The van der Waals surface area contributed by atoms with Crippen LogP contribution in [0.5, 0.6) is 0 Å². The lowest BCUT2D eigenvalue weighted by atomic mass is 9.94. The highest BCUT2D eigenvalue weighted by Crippen LogP contribution is 2.44. The number of benzene rings is 1. The number of nitrogens with zero attached hydrogens (tertiary/aromatic N) is 1. The number of quaternary nitrogens is 1. The molecule has 25 heavy (non-hydrogen) atoms. The zero-order valence-corrected chi connectivity index (χ0v) is 15.5. The van der Waals surface area contributed by atoms with Crippen LogP contribution in [0.4, 0.5) is 0 Å². The maximum atomic E-state index is 12.6. The summed E-state index contributed by atoms with van der Waals surface area (Å²) in [6.45, 7) is 4.39. The SMILES string of the molecule is CC(C)[N+]1(C)C2CCC1CC(OC(=O)C(CO)c1ccccc1)C2.[OH-]. The van der Waals surface area contributed by atoms with Crippen LogP contribution < -0.4 is 0 Å². The number of carbonyl (C=O) groups is 1. The Kier molecular flexibility index (Phi) is 6.25. The Labute approximate surface area is 150 Å². The second kappa shape index (κ2) is 7.85. The van der Waals surface area contributed by atoms with Gasteiger partial charge < -0.3 is 19.8 Å². The van der Waals surface area contributed by atoms with Gasteiger partial charge in [-0.3, -0.25) is 4.79 Å². The molecule has 5 heteroatoms. The van der Waals surface area contributed by atoms with Crippen molar-refractivity contribution in [3.05, 3.63) is 35.9 Å². The maximum absolute atomic E-state index is 12.6. The largest absolute Gasteiger partial charge is 0.870 e. The van der Waals surface area contributed by atoms with Gasteiger partial charge in [-0.05, 0) is 19.4 Å². The van der Waals surface area contributed by atoms with Gasteiger partial charge >= 0.3 is 5.97 Å². The molecular formula is C20H31NO4. The molecule has 2 heterocycles. The fourth-order valence-corrected chi connectivity index (χ4v) is 4.82. The Morgan fingerprint density at radius 3 is 2.24 bits per heavy atom. The Morgan fingerprint density at radius 2 is 1.76 bits per heavy atom. The molecule has 140 valence electrons. The summed E-state index contributed by atoms with van der Waals surface area (Å²) >= 11 is 0. The van der Waals surface area contributed by atoms with Gasteiger partial charge in [0, 0.05) is 25.7 Å². The van der Waals surface area contributed by atoms with Gasteiger partial charge in [-0.25, -0.2) is 0 Å². The molecule has 1 aromatic rings. The van der Waals surface area contributed by atoms with Crippen molar-refractivity contribution in [1.82, 2.24) is 0 Å². The van der Waals surface area contributed by atoms with E-state index in [0.29, 0.717) is 18.1 Å². The van der Waals surface area contributed by atoms with Crippen LogP contribution in [0.15, 0.2) is 30.3 Å². The number of fused-ring (bicyclic) bond motifs is 2. The molecule has 2 aliphatic rings. The second-order valence-electron chi connectivity index (χ2n) is 7.88. The highest BCUT2D eigenvalue weighted by atomic mass is 16.5. The van der Waals surface area contributed by atoms with E-state index in [2.05, 4.69) is 20.9 Å². The van der Waals surface area contributed by atoms with Gasteiger partial charge in [-0.2, -0.15) is 0 Å². The van der Waals surface area contributed by atoms with Crippen molar-refractivity contribution in [3.8, 4) is 0 Å². The van der Waals surface area contributed by atoms with Gasteiger partial charge in [0.2, 0.25) is 0 Å². The lowest BCUT2D eigenvalue weighted by molar-refractivity contribution is -0.968. The second-order valence-corrected chi connectivity index (χ2v) is 7.88. The van der Waals surface area contributed by atoms with Crippen LogP contribution in [0.2, 0.25) is 0 Å². The van der Waals surface area contributed by atoms with Crippen LogP contribution in [0.3, 0.4) is 0 Å². The minimum atomic E-state index is -0.572. The highest BCUT2D eigenvalue weighted by Gasteiger charge is 2.53. The first-order valence-corrected chi connectivity index (χ1v) is 9.18. The van der Waals surface area contributed by atoms with Gasteiger partial charge in [0.25, 0.3) is 0 Å². The van der Waals surface area contributed by atoms with Crippen molar-refractivity contribution in [2.24, 2.45) is 0 Å². The van der Waals surface area contributed by atoms with Gasteiger partial charge in [-0.1, -0.05) is 30.3 Å². The fraction of sp³-hybridized carbons (Fsp3) is 0.650. The van der Waals surface area contributed by atoms with Gasteiger partial charge in [0.15, 0.2) is 0 Å². The molecular weight excluding hydrogens is 318 g/mol. The van der Waals surface area contributed by atoms with Gasteiger partial charge in [0.05, 0.1) is 31.8 Å². The van der Waals surface area contributed by atoms with E-state index in [4.69, 9.17) is 4.74 Å². The van der Waals surface area contributed by atoms with Crippen LogP contribution in [-0.4, -0.2) is 58.9 Å². The lowest BCUT2D eigenvalue weighted by Gasteiger charge is -2.49. The van der Waals surface area contributed by atoms with Crippen molar-refractivity contribution in [1.29, 1.82) is 0 Å². The van der Waals surface area contributed by atoms with E-state index < -0.39 is 5.92 Å². The van der Waals surface area contributed by atoms with Crippen molar-refractivity contribution < 1.29 is 24.6 Å². The fourth-order valence-electron chi connectivity index (χ4n) is 4.82. The molecule has 3 atom stereocenters. The third kappa shape index (κ3) is 3.59. The number of esters is 1. The van der Waals surface area contributed by atoms with E-state index >= 15 is 0 Å². The molecule has 0 saturated carbocycles. The van der Waals surface area contributed by atoms with Gasteiger partial charge in [-0.15, -0.1) is 0 Å². The average Bonchev–Trinajstić information content (AvgIpc) is 2.74. The lowest BCUT2D eigenvalue weighted by Crippen LogP contribution is -2.62. The summed E-state index contributed by atoms with van der Waals surface area (Å²) in [7, 11) is 2.37. The van der Waals surface area contributed by atoms with Crippen molar-refractivity contribution >= 4 is 5.97 Å². The summed E-state index contributed by atoms with van der Waals surface area (Å²) in [5.41, 5.74) is 0.826. The molecule has 2 fully saturated rings. The minimum Gasteiger partial charge on any atom is -0.870 e. The number of aliphatic hydroxyl groups excluding tert-OH is 1. The summed E-state index contributed by atoms with van der Waals surface area (Å²) in [5, 5.41) is 9.65. The van der Waals surface area contributed by atoms with Crippen molar-refractivity contribution in [2.75, 3.05) is 13.7 Å². The zero-order valence-electron chi connectivity index (χ0n) is 15.5.